The Morgan fingerprint density at radius 3 is 2.31 bits per heavy atom. The second-order valence-corrected chi connectivity index (χ2v) is 9.05. The number of halogens is 5. The number of carbonyl (C=O) groups is 1. The maximum Gasteiger partial charge on any atom is 0.416 e. The molecule has 29 heavy (non-hydrogen) atoms. The van der Waals surface area contributed by atoms with E-state index >= 15 is 0 Å². The summed E-state index contributed by atoms with van der Waals surface area (Å²) in [5.41, 5.74) is -0.570. The lowest BCUT2D eigenvalue weighted by molar-refractivity contribution is -0.137. The van der Waals surface area contributed by atoms with Crippen molar-refractivity contribution in [1.29, 1.82) is 0 Å². The van der Waals surface area contributed by atoms with Crippen molar-refractivity contribution >= 4 is 50.5 Å². The van der Waals surface area contributed by atoms with E-state index in [1.807, 2.05) is 0 Å². The number of aryl methyl sites for hydroxylation is 1. The maximum absolute atomic E-state index is 12.9. The van der Waals surface area contributed by atoms with Crippen molar-refractivity contribution in [2.45, 2.75) is 26.1 Å². The number of carbonyl (C=O) groups excluding carboxylic acids is 1. The van der Waals surface area contributed by atoms with Crippen LogP contribution in [0.2, 0.25) is 10.0 Å². The van der Waals surface area contributed by atoms with Gasteiger partial charge in [0.15, 0.2) is 0 Å². The number of nitrogens with one attached hydrogen (secondary N) is 1. The van der Waals surface area contributed by atoms with Crippen LogP contribution in [0.4, 0.5) is 24.5 Å². The highest BCUT2D eigenvalue weighted by Gasteiger charge is 2.33. The van der Waals surface area contributed by atoms with Crippen LogP contribution >= 0.6 is 23.2 Å². The Bertz CT molecular complexity index is 1040. The molecule has 0 saturated heterocycles. The molecule has 0 aliphatic carbocycles. The summed E-state index contributed by atoms with van der Waals surface area (Å²) in [6, 6.07) is 5.70. The zero-order valence-electron chi connectivity index (χ0n) is 15.5. The highest BCUT2D eigenvalue weighted by Crippen LogP contribution is 2.34. The standard InChI is InChI=1S/C18H17Cl2F3N2O3S/c1-10-4-6-13(19)9-16(10)25(29(3,27)28)11(2)17(26)24-15-8-12(18(21,22)23)5-7-14(15)20/h4-9,11H,1-3H3,(H,24,26)/t11-/m1/s1. The number of hydrogen-bond acceptors (Lipinski definition) is 3. The molecule has 0 bridgehead atoms. The Morgan fingerprint density at radius 1 is 1.14 bits per heavy atom. The van der Waals surface area contributed by atoms with Crippen molar-refractivity contribution in [2.75, 3.05) is 15.9 Å². The number of sulfonamides is 1. The van der Waals surface area contributed by atoms with E-state index in [1.54, 1.807) is 19.1 Å². The third-order valence-electron chi connectivity index (χ3n) is 4.05. The first-order chi connectivity index (χ1) is 13.2. The van der Waals surface area contributed by atoms with Crippen LogP contribution in [0.5, 0.6) is 0 Å². The third kappa shape index (κ3) is 5.55. The van der Waals surface area contributed by atoms with Crippen LogP contribution in [-0.2, 0) is 21.0 Å². The molecule has 158 valence electrons. The van der Waals surface area contributed by atoms with Crippen molar-refractivity contribution in [3.05, 3.63) is 57.6 Å². The van der Waals surface area contributed by atoms with E-state index in [4.69, 9.17) is 23.2 Å². The Hall–Kier alpha value is -1.97. The quantitative estimate of drug-likeness (QED) is 0.662. The van der Waals surface area contributed by atoms with Crippen LogP contribution in [0.3, 0.4) is 0 Å². The molecule has 0 radical (unpaired) electrons. The highest BCUT2D eigenvalue weighted by atomic mass is 35.5. The number of amides is 1. The summed E-state index contributed by atoms with van der Waals surface area (Å²) in [5.74, 6) is -0.865. The molecule has 2 aromatic rings. The zero-order valence-corrected chi connectivity index (χ0v) is 17.8. The lowest BCUT2D eigenvalue weighted by Gasteiger charge is -2.29. The van der Waals surface area contributed by atoms with E-state index in [9.17, 15) is 26.4 Å². The molecule has 0 unspecified atom stereocenters. The summed E-state index contributed by atoms with van der Waals surface area (Å²) in [7, 11) is -3.93. The predicted octanol–water partition coefficient (Wildman–Crippen LogP) is 5.11. The molecule has 5 nitrogen and oxygen atoms in total. The SMILES string of the molecule is Cc1ccc(Cl)cc1N([C@H](C)C(=O)Nc1cc(C(F)(F)F)ccc1Cl)S(C)(=O)=O. The average molecular weight is 469 g/mol. The molecule has 0 aromatic heterocycles. The minimum Gasteiger partial charge on any atom is -0.323 e. The van der Waals surface area contributed by atoms with Crippen LogP contribution in [0, 0.1) is 6.92 Å². The molecule has 1 amide bonds. The molecule has 0 heterocycles. The molecule has 0 spiro atoms. The predicted molar refractivity (Wildman–Crippen MR) is 108 cm³/mol. The van der Waals surface area contributed by atoms with Gasteiger partial charge in [-0.2, -0.15) is 13.2 Å². The van der Waals surface area contributed by atoms with Crippen LogP contribution in [0.15, 0.2) is 36.4 Å². The van der Waals surface area contributed by atoms with Gasteiger partial charge < -0.3 is 5.32 Å². The van der Waals surface area contributed by atoms with Crippen LogP contribution in [-0.4, -0.2) is 26.6 Å². The van der Waals surface area contributed by atoms with Crippen molar-refractivity contribution in [1.82, 2.24) is 0 Å². The van der Waals surface area contributed by atoms with E-state index in [2.05, 4.69) is 5.32 Å². The number of nitrogens with zero attached hydrogens (tertiary/aromatic N) is 1. The molecule has 0 saturated carbocycles. The number of alkyl halides is 3. The number of anilines is 2. The molecule has 1 N–H and O–H groups in total. The normalized spacial score (nSPS) is 13.1. The molecule has 2 rings (SSSR count). The number of benzene rings is 2. The lowest BCUT2D eigenvalue weighted by atomic mass is 10.1. The monoisotopic (exact) mass is 468 g/mol. The summed E-state index contributed by atoms with van der Waals surface area (Å²) in [4.78, 5) is 12.7. The summed E-state index contributed by atoms with van der Waals surface area (Å²) < 4.78 is 64.4. The van der Waals surface area contributed by atoms with Crippen molar-refractivity contribution in [2.24, 2.45) is 0 Å². The fraction of sp³-hybridized carbons (Fsp3) is 0.278. The lowest BCUT2D eigenvalue weighted by Crippen LogP contribution is -2.45. The smallest absolute Gasteiger partial charge is 0.323 e. The fourth-order valence-corrected chi connectivity index (χ4v) is 4.19. The van der Waals surface area contributed by atoms with Crippen molar-refractivity contribution in [3.8, 4) is 0 Å². The van der Waals surface area contributed by atoms with Gasteiger partial charge in [-0.15, -0.1) is 0 Å². The van der Waals surface area contributed by atoms with Gasteiger partial charge in [0.2, 0.25) is 15.9 Å². The Labute approximate surface area is 176 Å². The average Bonchev–Trinajstić information content (AvgIpc) is 2.57. The zero-order chi connectivity index (χ0) is 22.1. The molecular formula is C18H17Cl2F3N2O3S. The van der Waals surface area contributed by atoms with E-state index in [1.165, 1.54) is 13.0 Å². The molecule has 0 fully saturated rings. The Balaban J connectivity index is 2.42. The Morgan fingerprint density at radius 2 is 1.76 bits per heavy atom. The van der Waals surface area contributed by atoms with Gasteiger partial charge in [-0.1, -0.05) is 29.3 Å². The molecular weight excluding hydrogens is 452 g/mol. The summed E-state index contributed by atoms with van der Waals surface area (Å²) >= 11 is 11.9. The summed E-state index contributed by atoms with van der Waals surface area (Å²) in [6.45, 7) is 2.94. The van der Waals surface area contributed by atoms with Gasteiger partial charge in [-0.25, -0.2) is 8.42 Å². The number of rotatable bonds is 5. The van der Waals surface area contributed by atoms with E-state index in [-0.39, 0.29) is 21.4 Å². The molecule has 0 aliphatic heterocycles. The first-order valence-corrected chi connectivity index (χ1v) is 10.8. The van der Waals surface area contributed by atoms with Crippen molar-refractivity contribution < 1.29 is 26.4 Å². The van der Waals surface area contributed by atoms with E-state index in [0.29, 0.717) is 11.6 Å². The van der Waals surface area contributed by atoms with E-state index < -0.39 is 33.7 Å². The number of hydrogen-bond donors (Lipinski definition) is 1. The van der Waals surface area contributed by atoms with Crippen LogP contribution < -0.4 is 9.62 Å². The van der Waals surface area contributed by atoms with Gasteiger partial charge in [0.25, 0.3) is 0 Å². The first-order valence-electron chi connectivity index (χ1n) is 8.15. The first kappa shape index (κ1) is 23.3. The Kier molecular flexibility index (Phi) is 6.76. The van der Waals surface area contributed by atoms with Gasteiger partial charge in [-0.3, -0.25) is 9.10 Å². The van der Waals surface area contributed by atoms with Crippen LogP contribution in [0.25, 0.3) is 0 Å². The van der Waals surface area contributed by atoms with Gasteiger partial charge in [0.05, 0.1) is 28.2 Å². The largest absolute Gasteiger partial charge is 0.416 e. The molecule has 1 atom stereocenters. The van der Waals surface area contributed by atoms with Gasteiger partial charge in [0, 0.05) is 5.02 Å². The van der Waals surface area contributed by atoms with Gasteiger partial charge in [0.1, 0.15) is 6.04 Å². The fourth-order valence-electron chi connectivity index (χ4n) is 2.64. The minimum atomic E-state index is -4.63. The van der Waals surface area contributed by atoms with E-state index in [0.717, 1.165) is 22.7 Å². The molecule has 0 aliphatic rings. The van der Waals surface area contributed by atoms with Crippen molar-refractivity contribution in [3.63, 3.8) is 0 Å². The summed E-state index contributed by atoms with van der Waals surface area (Å²) in [5, 5.41) is 2.40. The summed E-state index contributed by atoms with van der Waals surface area (Å²) in [6.07, 6.45) is -3.72. The topological polar surface area (TPSA) is 66.5 Å². The molecule has 11 heteroatoms. The molecule has 2 aromatic carbocycles. The third-order valence-corrected chi connectivity index (χ3v) is 5.84. The van der Waals surface area contributed by atoms with Gasteiger partial charge in [-0.05, 0) is 49.7 Å². The van der Waals surface area contributed by atoms with Crippen LogP contribution in [0.1, 0.15) is 18.1 Å². The minimum absolute atomic E-state index is 0.122. The second-order valence-electron chi connectivity index (χ2n) is 6.35. The second kappa shape index (κ2) is 8.41. The van der Waals surface area contributed by atoms with Gasteiger partial charge >= 0.3 is 6.18 Å². The highest BCUT2D eigenvalue weighted by molar-refractivity contribution is 7.92. The maximum atomic E-state index is 12.9.